The predicted molar refractivity (Wildman–Crippen MR) is 46.9 cm³/mol. The molecule has 1 saturated carbocycles. The lowest BCUT2D eigenvalue weighted by atomic mass is 9.87. The van der Waals surface area contributed by atoms with Crippen molar-refractivity contribution < 1.29 is 5.11 Å². The van der Waals surface area contributed by atoms with Crippen LogP contribution in [0.25, 0.3) is 0 Å². The number of hydrogen-bond acceptors (Lipinski definition) is 2. The monoisotopic (exact) mass is 177 g/mol. The lowest BCUT2D eigenvalue weighted by Gasteiger charge is -2.28. The minimum atomic E-state index is 0. The molecule has 2 fully saturated rings. The zero-order valence-corrected chi connectivity index (χ0v) is 7.44. The summed E-state index contributed by atoms with van der Waals surface area (Å²) in [5, 5.41) is 12.4. The first-order chi connectivity index (χ1) is 4.92. The first kappa shape index (κ1) is 9.30. The van der Waals surface area contributed by atoms with E-state index in [1.165, 1.54) is 12.8 Å². The molecule has 0 aromatic heterocycles. The Labute approximate surface area is 73.8 Å². The normalized spacial score (nSPS) is 41.7. The van der Waals surface area contributed by atoms with Crippen LogP contribution in [0, 0.1) is 17.8 Å². The van der Waals surface area contributed by atoms with Crippen molar-refractivity contribution in [1.29, 1.82) is 0 Å². The average molecular weight is 178 g/mol. The molecule has 2 N–H and O–H groups in total. The van der Waals surface area contributed by atoms with Crippen molar-refractivity contribution in [2.24, 2.45) is 17.8 Å². The van der Waals surface area contributed by atoms with Crippen molar-refractivity contribution in [3.05, 3.63) is 0 Å². The predicted octanol–water partition coefficient (Wildman–Crippen LogP) is 0.646. The fourth-order valence-corrected chi connectivity index (χ4v) is 2.50. The van der Waals surface area contributed by atoms with E-state index in [0.717, 1.165) is 24.9 Å². The molecule has 2 aliphatic rings. The number of aliphatic hydroxyl groups excluding tert-OH is 1. The van der Waals surface area contributed by atoms with Gasteiger partial charge in [0.2, 0.25) is 0 Å². The van der Waals surface area contributed by atoms with Gasteiger partial charge in [0.1, 0.15) is 0 Å². The Bertz CT molecular complexity index is 115. The molecular formula is C8H16ClNO. The Hall–Kier alpha value is 0.210. The van der Waals surface area contributed by atoms with Crippen molar-refractivity contribution in [3.8, 4) is 0 Å². The topological polar surface area (TPSA) is 32.3 Å². The molecule has 66 valence electrons. The largest absolute Gasteiger partial charge is 0.396 e. The van der Waals surface area contributed by atoms with Crippen molar-refractivity contribution in [2.75, 3.05) is 19.7 Å². The molecule has 0 radical (unpaired) electrons. The van der Waals surface area contributed by atoms with E-state index in [0.29, 0.717) is 12.5 Å². The molecule has 2 nitrogen and oxygen atoms in total. The SMILES string of the molecule is Cl.OCC1C2CCC1CNC2. The molecule has 1 saturated heterocycles. The zero-order valence-electron chi connectivity index (χ0n) is 6.62. The van der Waals surface area contributed by atoms with Crippen molar-refractivity contribution in [1.82, 2.24) is 5.32 Å². The van der Waals surface area contributed by atoms with Gasteiger partial charge in [0.05, 0.1) is 0 Å². The summed E-state index contributed by atoms with van der Waals surface area (Å²) >= 11 is 0. The van der Waals surface area contributed by atoms with E-state index in [1.54, 1.807) is 0 Å². The Morgan fingerprint density at radius 1 is 1.18 bits per heavy atom. The maximum absolute atomic E-state index is 9.04. The molecule has 3 heteroatoms. The van der Waals surface area contributed by atoms with E-state index in [-0.39, 0.29) is 12.4 Å². The molecule has 0 aromatic carbocycles. The van der Waals surface area contributed by atoms with Crippen LogP contribution in [0.3, 0.4) is 0 Å². The molecule has 0 spiro atoms. The fraction of sp³-hybridized carbons (Fsp3) is 1.00. The summed E-state index contributed by atoms with van der Waals surface area (Å²) in [6.45, 7) is 2.69. The van der Waals surface area contributed by atoms with Crippen LogP contribution in [0.15, 0.2) is 0 Å². The third-order valence-electron chi connectivity index (χ3n) is 3.14. The van der Waals surface area contributed by atoms with Gasteiger partial charge in [-0.3, -0.25) is 0 Å². The minimum Gasteiger partial charge on any atom is -0.396 e. The molecular weight excluding hydrogens is 162 g/mol. The van der Waals surface area contributed by atoms with Crippen LogP contribution in [-0.4, -0.2) is 24.8 Å². The van der Waals surface area contributed by atoms with Crippen LogP contribution in [0.5, 0.6) is 0 Å². The first-order valence-electron chi connectivity index (χ1n) is 4.23. The lowest BCUT2D eigenvalue weighted by Crippen LogP contribution is -2.39. The van der Waals surface area contributed by atoms with Crippen molar-refractivity contribution in [3.63, 3.8) is 0 Å². The molecule has 2 rings (SSSR count). The van der Waals surface area contributed by atoms with Gasteiger partial charge in [-0.2, -0.15) is 0 Å². The van der Waals surface area contributed by atoms with Crippen LogP contribution in [-0.2, 0) is 0 Å². The van der Waals surface area contributed by atoms with E-state index in [9.17, 15) is 0 Å². The molecule has 1 heterocycles. The summed E-state index contributed by atoms with van der Waals surface area (Å²) in [7, 11) is 0. The number of piperidine rings is 1. The summed E-state index contributed by atoms with van der Waals surface area (Å²) in [6.07, 6.45) is 2.67. The highest BCUT2D eigenvalue weighted by atomic mass is 35.5. The highest BCUT2D eigenvalue weighted by molar-refractivity contribution is 5.85. The number of fused-ring (bicyclic) bond motifs is 2. The number of rotatable bonds is 1. The number of nitrogens with one attached hydrogen (secondary N) is 1. The van der Waals surface area contributed by atoms with Gasteiger partial charge in [-0.15, -0.1) is 12.4 Å². The third kappa shape index (κ3) is 1.53. The van der Waals surface area contributed by atoms with Gasteiger partial charge in [0.25, 0.3) is 0 Å². The minimum absolute atomic E-state index is 0. The van der Waals surface area contributed by atoms with Crippen LogP contribution in [0.4, 0.5) is 0 Å². The Morgan fingerprint density at radius 3 is 2.09 bits per heavy atom. The summed E-state index contributed by atoms with van der Waals surface area (Å²) in [5.74, 6) is 2.19. The van der Waals surface area contributed by atoms with Crippen molar-refractivity contribution in [2.45, 2.75) is 12.8 Å². The average Bonchev–Trinajstić information content (AvgIpc) is 2.19. The van der Waals surface area contributed by atoms with Crippen LogP contribution in [0.1, 0.15) is 12.8 Å². The van der Waals surface area contributed by atoms with E-state index in [1.807, 2.05) is 0 Å². The Balaban J connectivity index is 0.000000605. The highest BCUT2D eigenvalue weighted by Gasteiger charge is 2.37. The first-order valence-corrected chi connectivity index (χ1v) is 4.23. The summed E-state index contributed by atoms with van der Waals surface area (Å²) in [4.78, 5) is 0. The van der Waals surface area contributed by atoms with Gasteiger partial charge >= 0.3 is 0 Å². The molecule has 2 atom stereocenters. The summed E-state index contributed by atoms with van der Waals surface area (Å²) in [6, 6.07) is 0. The fourth-order valence-electron chi connectivity index (χ4n) is 2.50. The smallest absolute Gasteiger partial charge is 0.0465 e. The number of hydrogen-bond donors (Lipinski definition) is 2. The lowest BCUT2D eigenvalue weighted by molar-refractivity contribution is 0.136. The quantitative estimate of drug-likeness (QED) is 0.617. The van der Waals surface area contributed by atoms with Gasteiger partial charge < -0.3 is 10.4 Å². The van der Waals surface area contributed by atoms with E-state index >= 15 is 0 Å². The van der Waals surface area contributed by atoms with Crippen LogP contribution < -0.4 is 5.32 Å². The highest BCUT2D eigenvalue weighted by Crippen LogP contribution is 2.38. The van der Waals surface area contributed by atoms with Gasteiger partial charge in [0.15, 0.2) is 0 Å². The second-order valence-corrected chi connectivity index (χ2v) is 3.60. The maximum atomic E-state index is 9.04. The molecule has 11 heavy (non-hydrogen) atoms. The number of halogens is 1. The second-order valence-electron chi connectivity index (χ2n) is 3.60. The standard InChI is InChI=1S/C8H15NO.ClH/c10-5-8-6-1-2-7(8)4-9-3-6;/h6-10H,1-5H2;1H. The van der Waals surface area contributed by atoms with Gasteiger partial charge in [-0.05, 0) is 43.7 Å². The third-order valence-corrected chi connectivity index (χ3v) is 3.14. The van der Waals surface area contributed by atoms with E-state index in [4.69, 9.17) is 5.11 Å². The second kappa shape index (κ2) is 3.74. The molecule has 0 aromatic rings. The molecule has 1 aliphatic heterocycles. The number of aliphatic hydroxyl groups is 1. The zero-order chi connectivity index (χ0) is 6.97. The van der Waals surface area contributed by atoms with Gasteiger partial charge in [-0.1, -0.05) is 0 Å². The van der Waals surface area contributed by atoms with Crippen molar-refractivity contribution >= 4 is 12.4 Å². The van der Waals surface area contributed by atoms with Gasteiger partial charge in [-0.25, -0.2) is 0 Å². The molecule has 2 unspecified atom stereocenters. The maximum Gasteiger partial charge on any atom is 0.0465 e. The molecule has 1 aliphatic carbocycles. The Morgan fingerprint density at radius 2 is 1.73 bits per heavy atom. The molecule has 0 amide bonds. The van der Waals surface area contributed by atoms with E-state index in [2.05, 4.69) is 5.32 Å². The summed E-state index contributed by atoms with van der Waals surface area (Å²) in [5.41, 5.74) is 0. The molecule has 2 bridgehead atoms. The summed E-state index contributed by atoms with van der Waals surface area (Å²) < 4.78 is 0. The Kier molecular flexibility index (Phi) is 3.16. The van der Waals surface area contributed by atoms with E-state index < -0.39 is 0 Å². The van der Waals surface area contributed by atoms with Crippen LogP contribution >= 0.6 is 12.4 Å². The van der Waals surface area contributed by atoms with Gasteiger partial charge in [0, 0.05) is 6.61 Å². The van der Waals surface area contributed by atoms with Crippen LogP contribution in [0.2, 0.25) is 0 Å².